The van der Waals surface area contributed by atoms with Crippen molar-refractivity contribution in [3.63, 3.8) is 0 Å². The molecule has 0 aliphatic heterocycles. The van der Waals surface area contributed by atoms with Gasteiger partial charge in [-0.25, -0.2) is 4.98 Å². The van der Waals surface area contributed by atoms with Crippen LogP contribution in [0.2, 0.25) is 5.02 Å². The summed E-state index contributed by atoms with van der Waals surface area (Å²) in [5.41, 5.74) is 2.07. The zero-order valence-electron chi connectivity index (χ0n) is 11.9. The number of nitrogens with zero attached hydrogens (tertiary/aromatic N) is 2. The summed E-state index contributed by atoms with van der Waals surface area (Å²) >= 11 is 6.11. The lowest BCUT2D eigenvalue weighted by Crippen LogP contribution is -2.22. The summed E-state index contributed by atoms with van der Waals surface area (Å²) in [6.45, 7) is 1.56. The Morgan fingerprint density at radius 1 is 1.32 bits per heavy atom. The van der Waals surface area contributed by atoms with Gasteiger partial charge in [0.05, 0.1) is 17.2 Å². The maximum Gasteiger partial charge on any atom is 0.265 e. The van der Waals surface area contributed by atoms with Gasteiger partial charge in [-0.1, -0.05) is 23.7 Å². The van der Waals surface area contributed by atoms with Crippen LogP contribution in [0.1, 0.15) is 11.1 Å². The number of hydrogen-bond acceptors (Lipinski definition) is 4. The molecule has 3 rings (SSSR count). The van der Waals surface area contributed by atoms with Crippen molar-refractivity contribution in [3.8, 4) is 0 Å². The van der Waals surface area contributed by atoms with Crippen LogP contribution in [0.4, 0.5) is 11.5 Å². The SMILES string of the molecule is Cc1cccc(Nc2nc3c(Cl)cccn3c(=O)c2CO)c1. The van der Waals surface area contributed by atoms with Crippen molar-refractivity contribution in [1.82, 2.24) is 9.38 Å². The lowest BCUT2D eigenvalue weighted by Gasteiger charge is -2.12. The number of hydrogen-bond donors (Lipinski definition) is 2. The standard InChI is InChI=1S/C16H14ClN3O2/c1-10-4-2-5-11(8-10)18-14-12(9-21)16(22)20-7-3-6-13(17)15(20)19-14/h2-8,18,21H,9H2,1H3. The van der Waals surface area contributed by atoms with Crippen molar-refractivity contribution in [2.24, 2.45) is 0 Å². The van der Waals surface area contributed by atoms with E-state index in [4.69, 9.17) is 11.6 Å². The molecule has 112 valence electrons. The van der Waals surface area contributed by atoms with E-state index < -0.39 is 6.61 Å². The van der Waals surface area contributed by atoms with Crippen molar-refractivity contribution in [3.05, 3.63) is 69.1 Å². The van der Waals surface area contributed by atoms with Crippen LogP contribution in [0, 0.1) is 6.92 Å². The van der Waals surface area contributed by atoms with Crippen molar-refractivity contribution in [2.75, 3.05) is 5.32 Å². The fourth-order valence-electron chi connectivity index (χ4n) is 2.27. The Labute approximate surface area is 131 Å². The van der Waals surface area contributed by atoms with Crippen LogP contribution in [0.25, 0.3) is 5.65 Å². The Hall–Kier alpha value is -2.37. The Kier molecular flexibility index (Phi) is 3.83. The third kappa shape index (κ3) is 2.56. The first-order valence-corrected chi connectivity index (χ1v) is 7.12. The minimum Gasteiger partial charge on any atom is -0.391 e. The van der Waals surface area contributed by atoms with Gasteiger partial charge in [0.15, 0.2) is 5.65 Å². The van der Waals surface area contributed by atoms with Gasteiger partial charge >= 0.3 is 0 Å². The minimum absolute atomic E-state index is 0.196. The van der Waals surface area contributed by atoms with Crippen LogP contribution in [-0.4, -0.2) is 14.5 Å². The van der Waals surface area contributed by atoms with Crippen molar-refractivity contribution in [1.29, 1.82) is 0 Å². The monoisotopic (exact) mass is 315 g/mol. The highest BCUT2D eigenvalue weighted by molar-refractivity contribution is 6.33. The van der Waals surface area contributed by atoms with Crippen LogP contribution in [0.15, 0.2) is 47.4 Å². The Bertz CT molecular complexity index is 906. The first kappa shape index (κ1) is 14.6. The van der Waals surface area contributed by atoms with Crippen molar-refractivity contribution < 1.29 is 5.11 Å². The van der Waals surface area contributed by atoms with Gasteiger partial charge in [-0.2, -0.15) is 0 Å². The second-order valence-electron chi connectivity index (χ2n) is 4.95. The first-order chi connectivity index (χ1) is 10.6. The molecule has 0 atom stereocenters. The lowest BCUT2D eigenvalue weighted by molar-refractivity contribution is 0.280. The number of aliphatic hydroxyl groups excluding tert-OH is 1. The number of aromatic nitrogens is 2. The number of aryl methyl sites for hydroxylation is 1. The topological polar surface area (TPSA) is 66.6 Å². The van der Waals surface area contributed by atoms with Gasteiger partial charge in [0.1, 0.15) is 5.82 Å². The number of halogens is 1. The zero-order valence-corrected chi connectivity index (χ0v) is 12.6. The average Bonchev–Trinajstić information content (AvgIpc) is 2.49. The second kappa shape index (κ2) is 5.79. The number of benzene rings is 1. The molecule has 22 heavy (non-hydrogen) atoms. The molecular weight excluding hydrogens is 302 g/mol. The van der Waals surface area contributed by atoms with E-state index >= 15 is 0 Å². The summed E-state index contributed by atoms with van der Waals surface area (Å²) in [7, 11) is 0. The molecule has 0 bridgehead atoms. The number of pyridine rings is 1. The molecule has 0 saturated carbocycles. The van der Waals surface area contributed by atoms with Gasteiger partial charge in [0, 0.05) is 11.9 Å². The quantitative estimate of drug-likeness (QED) is 0.780. The van der Waals surface area contributed by atoms with Gasteiger partial charge in [0.2, 0.25) is 0 Å². The molecule has 0 unspecified atom stereocenters. The normalized spacial score (nSPS) is 10.9. The summed E-state index contributed by atoms with van der Waals surface area (Å²) in [5, 5.41) is 13.0. The smallest absolute Gasteiger partial charge is 0.265 e. The molecular formula is C16H14ClN3O2. The minimum atomic E-state index is -0.407. The van der Waals surface area contributed by atoms with Gasteiger partial charge in [-0.05, 0) is 36.8 Å². The number of nitrogens with one attached hydrogen (secondary N) is 1. The highest BCUT2D eigenvalue weighted by Crippen LogP contribution is 2.21. The zero-order chi connectivity index (χ0) is 15.7. The van der Waals surface area contributed by atoms with Crippen molar-refractivity contribution >= 4 is 28.8 Å². The number of fused-ring (bicyclic) bond motifs is 1. The Morgan fingerprint density at radius 3 is 2.86 bits per heavy atom. The predicted molar refractivity (Wildman–Crippen MR) is 86.9 cm³/mol. The molecule has 1 aromatic carbocycles. The van der Waals surface area contributed by atoms with Crippen LogP contribution in [0.3, 0.4) is 0 Å². The third-order valence-electron chi connectivity index (χ3n) is 3.34. The van der Waals surface area contributed by atoms with E-state index in [-0.39, 0.29) is 11.1 Å². The van der Waals surface area contributed by atoms with Gasteiger partial charge in [0.25, 0.3) is 5.56 Å². The average molecular weight is 316 g/mol. The molecule has 2 aromatic heterocycles. The van der Waals surface area contributed by atoms with Crippen LogP contribution < -0.4 is 10.9 Å². The van der Waals surface area contributed by atoms with Gasteiger partial charge < -0.3 is 10.4 Å². The molecule has 6 heteroatoms. The summed E-state index contributed by atoms with van der Waals surface area (Å²) in [5.74, 6) is 0.311. The summed E-state index contributed by atoms with van der Waals surface area (Å²) in [6.07, 6.45) is 1.58. The van der Waals surface area contributed by atoms with Crippen LogP contribution in [-0.2, 0) is 6.61 Å². The second-order valence-corrected chi connectivity index (χ2v) is 5.35. The van der Waals surface area contributed by atoms with Crippen molar-refractivity contribution in [2.45, 2.75) is 13.5 Å². The number of anilines is 2. The van der Waals surface area contributed by atoms with Gasteiger partial charge in [-0.3, -0.25) is 9.20 Å². The highest BCUT2D eigenvalue weighted by Gasteiger charge is 2.13. The maximum absolute atomic E-state index is 12.5. The van der Waals surface area contributed by atoms with E-state index in [9.17, 15) is 9.90 Å². The molecule has 0 saturated heterocycles. The Morgan fingerprint density at radius 2 is 2.14 bits per heavy atom. The molecule has 0 radical (unpaired) electrons. The Balaban J connectivity index is 2.20. The molecule has 5 nitrogen and oxygen atoms in total. The predicted octanol–water partition coefficient (Wildman–Crippen LogP) is 2.89. The van der Waals surface area contributed by atoms with E-state index in [1.807, 2.05) is 31.2 Å². The fourth-order valence-corrected chi connectivity index (χ4v) is 2.48. The summed E-state index contributed by atoms with van der Waals surface area (Å²) in [4.78, 5) is 16.8. The molecule has 0 spiro atoms. The number of aliphatic hydroxyl groups is 1. The fraction of sp³-hybridized carbons (Fsp3) is 0.125. The van der Waals surface area contributed by atoms with Crippen LogP contribution >= 0.6 is 11.6 Å². The molecule has 2 N–H and O–H groups in total. The maximum atomic E-state index is 12.5. The molecule has 0 amide bonds. The molecule has 2 heterocycles. The summed E-state index contributed by atoms with van der Waals surface area (Å²) < 4.78 is 1.33. The molecule has 0 aliphatic carbocycles. The molecule has 0 fully saturated rings. The lowest BCUT2D eigenvalue weighted by atomic mass is 10.2. The largest absolute Gasteiger partial charge is 0.391 e. The van der Waals surface area contributed by atoms with Gasteiger partial charge in [-0.15, -0.1) is 0 Å². The summed E-state index contributed by atoms with van der Waals surface area (Å²) in [6, 6.07) is 11.0. The van der Waals surface area contributed by atoms with E-state index in [1.54, 1.807) is 18.3 Å². The molecule has 3 aromatic rings. The van der Waals surface area contributed by atoms with Crippen LogP contribution in [0.5, 0.6) is 0 Å². The number of rotatable bonds is 3. The first-order valence-electron chi connectivity index (χ1n) is 6.74. The molecule has 0 aliphatic rings. The highest BCUT2D eigenvalue weighted by atomic mass is 35.5. The van der Waals surface area contributed by atoms with E-state index in [0.29, 0.717) is 16.5 Å². The third-order valence-corrected chi connectivity index (χ3v) is 3.63. The van der Waals surface area contributed by atoms with E-state index in [1.165, 1.54) is 4.40 Å². The van der Waals surface area contributed by atoms with E-state index in [2.05, 4.69) is 10.3 Å². The van der Waals surface area contributed by atoms with E-state index in [0.717, 1.165) is 11.3 Å².